The minimum atomic E-state index is -2.39. The van der Waals surface area contributed by atoms with Gasteiger partial charge in [0.1, 0.15) is 5.82 Å². The zero-order valence-electron chi connectivity index (χ0n) is 6.80. The van der Waals surface area contributed by atoms with Crippen LogP contribution in [0.1, 0.15) is 5.56 Å². The molecule has 0 saturated carbocycles. The van der Waals surface area contributed by atoms with E-state index < -0.39 is 18.8 Å². The van der Waals surface area contributed by atoms with Gasteiger partial charge in [-0.15, -0.1) is 0 Å². The third-order valence-corrected chi connectivity index (χ3v) is 1.39. The highest BCUT2D eigenvalue weighted by atomic mass is 19.3. The summed E-state index contributed by atoms with van der Waals surface area (Å²) in [5, 5.41) is 2.47. The van der Waals surface area contributed by atoms with Crippen molar-refractivity contribution in [3.8, 4) is 0 Å². The van der Waals surface area contributed by atoms with E-state index in [2.05, 4.69) is 10.3 Å². The molecule has 0 atom stereocenters. The van der Waals surface area contributed by atoms with Crippen LogP contribution in [0.2, 0.25) is 0 Å². The maximum absolute atomic E-state index is 12.5. The van der Waals surface area contributed by atoms with Crippen LogP contribution in [0, 0.1) is 5.82 Å². The van der Waals surface area contributed by atoms with Crippen molar-refractivity contribution < 1.29 is 13.2 Å². The van der Waals surface area contributed by atoms with Crippen molar-refractivity contribution >= 4 is 0 Å². The number of aromatic nitrogens is 1. The van der Waals surface area contributed by atoms with Gasteiger partial charge in [-0.1, -0.05) is 0 Å². The molecule has 5 heteroatoms. The molecule has 0 spiro atoms. The largest absolute Gasteiger partial charge is 0.307 e. The van der Waals surface area contributed by atoms with E-state index >= 15 is 0 Å². The third kappa shape index (κ3) is 3.89. The van der Waals surface area contributed by atoms with Crippen LogP contribution in [0.25, 0.3) is 0 Å². The monoisotopic (exact) mass is 190 g/mol. The summed E-state index contributed by atoms with van der Waals surface area (Å²) < 4.78 is 35.8. The number of nitrogens with zero attached hydrogens (tertiary/aromatic N) is 1. The van der Waals surface area contributed by atoms with Gasteiger partial charge in [0.15, 0.2) is 0 Å². The molecule has 1 aromatic rings. The molecule has 1 rings (SSSR count). The summed E-state index contributed by atoms with van der Waals surface area (Å²) in [5.74, 6) is -0.462. The lowest BCUT2D eigenvalue weighted by atomic mass is 10.3. The quantitative estimate of drug-likeness (QED) is 0.779. The highest BCUT2D eigenvalue weighted by Crippen LogP contribution is 2.00. The second-order valence-electron chi connectivity index (χ2n) is 2.53. The molecule has 0 aliphatic rings. The molecule has 2 nitrogen and oxygen atoms in total. The van der Waals surface area contributed by atoms with Crippen LogP contribution in [0.5, 0.6) is 0 Å². The van der Waals surface area contributed by atoms with Crippen LogP contribution in [-0.2, 0) is 6.54 Å². The van der Waals surface area contributed by atoms with E-state index in [4.69, 9.17) is 0 Å². The summed E-state index contributed by atoms with van der Waals surface area (Å²) in [4.78, 5) is 3.58. The number of halogens is 3. The van der Waals surface area contributed by atoms with Crippen molar-refractivity contribution in [3.63, 3.8) is 0 Å². The van der Waals surface area contributed by atoms with Gasteiger partial charge in [0.05, 0.1) is 12.7 Å². The van der Waals surface area contributed by atoms with Crippen LogP contribution < -0.4 is 5.32 Å². The number of hydrogen-bond acceptors (Lipinski definition) is 2. The molecule has 0 aliphatic heterocycles. The summed E-state index contributed by atoms with van der Waals surface area (Å²) in [6.07, 6.45) is 0.111. The Labute approximate surface area is 73.8 Å². The highest BCUT2D eigenvalue weighted by molar-refractivity contribution is 5.09. The van der Waals surface area contributed by atoms with Crippen molar-refractivity contribution in [1.82, 2.24) is 10.3 Å². The first kappa shape index (κ1) is 9.98. The third-order valence-electron chi connectivity index (χ3n) is 1.39. The molecule has 1 N–H and O–H groups in total. The maximum atomic E-state index is 12.5. The van der Waals surface area contributed by atoms with Crippen molar-refractivity contribution in [3.05, 3.63) is 29.8 Å². The van der Waals surface area contributed by atoms with Gasteiger partial charge in [-0.2, -0.15) is 0 Å². The first-order chi connectivity index (χ1) is 6.18. The normalized spacial score (nSPS) is 10.8. The SMILES string of the molecule is Fc1cncc(CNCC(F)F)c1. The van der Waals surface area contributed by atoms with Gasteiger partial charge in [-0.25, -0.2) is 13.2 Å². The van der Waals surface area contributed by atoms with Crippen molar-refractivity contribution in [1.29, 1.82) is 0 Å². The first-order valence-electron chi connectivity index (χ1n) is 3.77. The fraction of sp³-hybridized carbons (Fsp3) is 0.375. The summed E-state index contributed by atoms with van der Waals surface area (Å²) >= 11 is 0. The molecule has 1 aromatic heterocycles. The molecule has 1 heterocycles. The average Bonchev–Trinajstić information content (AvgIpc) is 2.03. The Balaban J connectivity index is 2.37. The van der Waals surface area contributed by atoms with Gasteiger partial charge in [-0.3, -0.25) is 4.98 Å². The summed E-state index contributed by atoms with van der Waals surface area (Å²) in [7, 11) is 0. The molecule has 0 unspecified atom stereocenters. The van der Waals surface area contributed by atoms with E-state index in [1.807, 2.05) is 0 Å². The first-order valence-corrected chi connectivity index (χ1v) is 3.77. The minimum Gasteiger partial charge on any atom is -0.307 e. The number of hydrogen-bond donors (Lipinski definition) is 1. The van der Waals surface area contributed by atoms with E-state index in [0.717, 1.165) is 6.20 Å². The molecule has 0 bridgehead atoms. The van der Waals surface area contributed by atoms with Crippen molar-refractivity contribution in [2.45, 2.75) is 13.0 Å². The van der Waals surface area contributed by atoms with Gasteiger partial charge >= 0.3 is 0 Å². The van der Waals surface area contributed by atoms with E-state index in [1.54, 1.807) is 0 Å². The molecule has 0 aromatic carbocycles. The second-order valence-corrected chi connectivity index (χ2v) is 2.53. The number of alkyl halides is 2. The standard InChI is InChI=1S/C8H9F3N2/c9-7-1-6(2-12-4-7)3-13-5-8(10)11/h1-2,4,8,13H,3,5H2. The smallest absolute Gasteiger partial charge is 0.250 e. The summed E-state index contributed by atoms with van der Waals surface area (Å²) in [6, 6.07) is 1.26. The van der Waals surface area contributed by atoms with E-state index in [1.165, 1.54) is 12.3 Å². The topological polar surface area (TPSA) is 24.9 Å². The van der Waals surface area contributed by atoms with Crippen LogP contribution in [0.3, 0.4) is 0 Å². The fourth-order valence-corrected chi connectivity index (χ4v) is 0.878. The summed E-state index contributed by atoms with van der Waals surface area (Å²) in [6.45, 7) is -0.189. The van der Waals surface area contributed by atoms with Crippen molar-refractivity contribution in [2.75, 3.05) is 6.54 Å². The van der Waals surface area contributed by atoms with E-state index in [0.29, 0.717) is 5.56 Å². The van der Waals surface area contributed by atoms with Gasteiger partial charge in [0.25, 0.3) is 6.43 Å². The lowest BCUT2D eigenvalue weighted by Gasteiger charge is -2.02. The number of rotatable bonds is 4. The van der Waals surface area contributed by atoms with Gasteiger partial charge < -0.3 is 5.32 Å². The molecular formula is C8H9F3N2. The van der Waals surface area contributed by atoms with Crippen LogP contribution in [0.15, 0.2) is 18.5 Å². The van der Waals surface area contributed by atoms with Crippen molar-refractivity contribution in [2.24, 2.45) is 0 Å². The lowest BCUT2D eigenvalue weighted by Crippen LogP contribution is -2.20. The molecule has 0 saturated heterocycles. The Kier molecular flexibility index (Phi) is 3.70. The molecule has 0 aliphatic carbocycles. The molecule has 72 valence electrons. The minimum absolute atomic E-state index is 0.203. The summed E-state index contributed by atoms with van der Waals surface area (Å²) in [5.41, 5.74) is 0.556. The highest BCUT2D eigenvalue weighted by Gasteiger charge is 2.01. The predicted molar refractivity (Wildman–Crippen MR) is 41.9 cm³/mol. The lowest BCUT2D eigenvalue weighted by molar-refractivity contribution is 0.145. The zero-order valence-corrected chi connectivity index (χ0v) is 6.80. The fourth-order valence-electron chi connectivity index (χ4n) is 0.878. The zero-order chi connectivity index (χ0) is 9.68. The molecule has 0 amide bonds. The van der Waals surface area contributed by atoms with Crippen LogP contribution >= 0.6 is 0 Å². The Hall–Kier alpha value is -1.10. The predicted octanol–water partition coefficient (Wildman–Crippen LogP) is 1.58. The van der Waals surface area contributed by atoms with E-state index in [9.17, 15) is 13.2 Å². The Morgan fingerprint density at radius 1 is 1.38 bits per heavy atom. The van der Waals surface area contributed by atoms with Crippen LogP contribution in [-0.4, -0.2) is 18.0 Å². The molecule has 0 radical (unpaired) electrons. The Bertz CT molecular complexity index is 265. The second kappa shape index (κ2) is 4.81. The van der Waals surface area contributed by atoms with Gasteiger partial charge in [0.2, 0.25) is 0 Å². The Morgan fingerprint density at radius 2 is 2.15 bits per heavy atom. The Morgan fingerprint density at radius 3 is 2.77 bits per heavy atom. The van der Waals surface area contributed by atoms with E-state index in [-0.39, 0.29) is 6.54 Å². The number of pyridine rings is 1. The number of nitrogens with one attached hydrogen (secondary N) is 1. The molecule has 0 fully saturated rings. The maximum Gasteiger partial charge on any atom is 0.250 e. The van der Waals surface area contributed by atoms with Gasteiger partial charge in [0, 0.05) is 12.7 Å². The molecular weight excluding hydrogens is 181 g/mol. The van der Waals surface area contributed by atoms with Crippen LogP contribution in [0.4, 0.5) is 13.2 Å². The van der Waals surface area contributed by atoms with Gasteiger partial charge in [-0.05, 0) is 11.6 Å². The average molecular weight is 190 g/mol. The molecule has 13 heavy (non-hydrogen) atoms.